The summed E-state index contributed by atoms with van der Waals surface area (Å²) in [4.78, 5) is 0. The van der Waals surface area contributed by atoms with E-state index in [4.69, 9.17) is 27.6 Å². The molecule has 5 heteroatoms. The maximum Gasteiger partial charge on any atom is 0.134 e. The fourth-order valence-corrected chi connectivity index (χ4v) is 2.78. The van der Waals surface area contributed by atoms with Gasteiger partial charge in [0.25, 0.3) is 0 Å². The molecule has 0 unspecified atom stereocenters. The molecule has 2 aromatic carbocycles. The summed E-state index contributed by atoms with van der Waals surface area (Å²) < 4.78 is 5.89. The minimum atomic E-state index is 0. The Hall–Kier alpha value is -1.45. The minimum Gasteiger partial charge on any atom is -0.460 e. The Bertz CT molecular complexity index is 812. The third-order valence-electron chi connectivity index (χ3n) is 3.92. The van der Waals surface area contributed by atoms with E-state index in [9.17, 15) is 0 Å². The molecule has 0 bridgehead atoms. The van der Waals surface area contributed by atoms with Crippen LogP contribution in [0.15, 0.2) is 59.0 Å². The van der Waals surface area contributed by atoms with Crippen molar-refractivity contribution in [3.8, 4) is 11.3 Å². The fourth-order valence-electron chi connectivity index (χ4n) is 2.47. The summed E-state index contributed by atoms with van der Waals surface area (Å²) in [6, 6.07) is 17.9. The Balaban J connectivity index is 0.00000225. The molecular weight excluding hydrogens is 377 g/mol. The van der Waals surface area contributed by atoms with Gasteiger partial charge < -0.3 is 9.73 Å². The molecule has 132 valence electrons. The maximum absolute atomic E-state index is 6.18. The lowest BCUT2D eigenvalue weighted by Crippen LogP contribution is -2.16. The van der Waals surface area contributed by atoms with E-state index in [0.29, 0.717) is 6.54 Å². The van der Waals surface area contributed by atoms with Gasteiger partial charge in [0.05, 0.1) is 6.54 Å². The molecule has 1 aromatic heterocycles. The van der Waals surface area contributed by atoms with Gasteiger partial charge in [-0.25, -0.2) is 0 Å². The summed E-state index contributed by atoms with van der Waals surface area (Å²) in [5, 5.41) is 4.92. The molecule has 0 aliphatic rings. The van der Waals surface area contributed by atoms with Crippen molar-refractivity contribution in [2.45, 2.75) is 19.9 Å². The average molecular weight is 397 g/mol. The standard InChI is InChI=1S/C20H19Cl2NO.ClH/c1-14-2-5-16(12-19(14)22)20-9-8-18(24-20)13-23-11-10-15-3-6-17(21)7-4-15;/h2-9,12,23H,10-11,13H2,1H3;1H. The van der Waals surface area contributed by atoms with Gasteiger partial charge in [0.15, 0.2) is 0 Å². The van der Waals surface area contributed by atoms with Crippen molar-refractivity contribution >= 4 is 35.6 Å². The molecule has 2 nitrogen and oxygen atoms in total. The van der Waals surface area contributed by atoms with Crippen LogP contribution in [-0.2, 0) is 13.0 Å². The molecule has 1 heterocycles. The normalized spacial score (nSPS) is 10.5. The fraction of sp³-hybridized carbons (Fsp3) is 0.200. The van der Waals surface area contributed by atoms with Crippen LogP contribution >= 0.6 is 35.6 Å². The molecule has 0 aliphatic heterocycles. The van der Waals surface area contributed by atoms with Gasteiger partial charge in [-0.3, -0.25) is 0 Å². The van der Waals surface area contributed by atoms with E-state index < -0.39 is 0 Å². The van der Waals surface area contributed by atoms with Crippen LogP contribution in [0, 0.1) is 6.92 Å². The highest BCUT2D eigenvalue weighted by molar-refractivity contribution is 6.31. The van der Waals surface area contributed by atoms with Crippen molar-refractivity contribution in [3.63, 3.8) is 0 Å². The van der Waals surface area contributed by atoms with E-state index in [1.54, 1.807) is 0 Å². The second kappa shape index (κ2) is 9.30. The Morgan fingerprint density at radius 3 is 2.44 bits per heavy atom. The average Bonchev–Trinajstić information content (AvgIpc) is 3.05. The Morgan fingerprint density at radius 1 is 0.960 bits per heavy atom. The Kier molecular flexibility index (Phi) is 7.39. The van der Waals surface area contributed by atoms with Crippen LogP contribution in [0.4, 0.5) is 0 Å². The first-order valence-corrected chi connectivity index (χ1v) is 8.68. The highest BCUT2D eigenvalue weighted by Crippen LogP contribution is 2.26. The van der Waals surface area contributed by atoms with Crippen molar-refractivity contribution in [1.82, 2.24) is 5.32 Å². The minimum absolute atomic E-state index is 0. The second-order valence-corrected chi connectivity index (χ2v) is 6.63. The van der Waals surface area contributed by atoms with Crippen molar-refractivity contribution in [2.75, 3.05) is 6.54 Å². The van der Waals surface area contributed by atoms with E-state index in [2.05, 4.69) is 17.4 Å². The van der Waals surface area contributed by atoms with Crippen molar-refractivity contribution in [2.24, 2.45) is 0 Å². The number of halogens is 3. The SMILES string of the molecule is Cc1ccc(-c2ccc(CNCCc3ccc(Cl)cc3)o2)cc1Cl.Cl. The molecule has 25 heavy (non-hydrogen) atoms. The lowest BCUT2D eigenvalue weighted by atomic mass is 10.1. The largest absolute Gasteiger partial charge is 0.460 e. The first kappa shape index (κ1) is 19.9. The van der Waals surface area contributed by atoms with Crippen LogP contribution in [-0.4, -0.2) is 6.54 Å². The highest BCUT2D eigenvalue weighted by Gasteiger charge is 2.06. The third-order valence-corrected chi connectivity index (χ3v) is 4.58. The van der Waals surface area contributed by atoms with E-state index in [0.717, 1.165) is 45.7 Å². The molecule has 1 N–H and O–H groups in total. The summed E-state index contributed by atoms with van der Waals surface area (Å²) in [6.45, 7) is 3.57. The number of nitrogens with one attached hydrogen (secondary N) is 1. The van der Waals surface area contributed by atoms with Crippen LogP contribution in [0.5, 0.6) is 0 Å². The van der Waals surface area contributed by atoms with Crippen LogP contribution in [0.25, 0.3) is 11.3 Å². The summed E-state index contributed by atoms with van der Waals surface area (Å²) in [7, 11) is 0. The lowest BCUT2D eigenvalue weighted by Gasteiger charge is -2.04. The molecule has 0 atom stereocenters. The Labute approximate surface area is 164 Å². The van der Waals surface area contributed by atoms with E-state index in [-0.39, 0.29) is 12.4 Å². The van der Waals surface area contributed by atoms with Crippen LogP contribution in [0.3, 0.4) is 0 Å². The van der Waals surface area contributed by atoms with Gasteiger partial charge >= 0.3 is 0 Å². The van der Waals surface area contributed by atoms with Crippen LogP contribution in [0.2, 0.25) is 10.0 Å². The number of benzene rings is 2. The highest BCUT2D eigenvalue weighted by atomic mass is 35.5. The van der Waals surface area contributed by atoms with E-state index >= 15 is 0 Å². The zero-order valence-electron chi connectivity index (χ0n) is 13.9. The monoisotopic (exact) mass is 395 g/mol. The molecule has 0 saturated carbocycles. The summed E-state index contributed by atoms with van der Waals surface area (Å²) in [6.07, 6.45) is 0.957. The third kappa shape index (κ3) is 5.52. The summed E-state index contributed by atoms with van der Waals surface area (Å²) in [5.41, 5.74) is 3.33. The number of aryl methyl sites for hydroxylation is 1. The van der Waals surface area contributed by atoms with Crippen molar-refractivity contribution in [1.29, 1.82) is 0 Å². The van der Waals surface area contributed by atoms with Gasteiger partial charge in [-0.05, 0) is 61.3 Å². The molecule has 3 rings (SSSR count). The van der Waals surface area contributed by atoms with Crippen LogP contribution < -0.4 is 5.32 Å². The molecule has 0 fully saturated rings. The van der Waals surface area contributed by atoms with Gasteiger partial charge in [-0.1, -0.05) is 47.5 Å². The van der Waals surface area contributed by atoms with Crippen LogP contribution in [0.1, 0.15) is 16.9 Å². The molecule has 0 saturated heterocycles. The second-order valence-electron chi connectivity index (χ2n) is 5.78. The number of rotatable bonds is 6. The molecule has 0 spiro atoms. The molecule has 0 amide bonds. The predicted molar refractivity (Wildman–Crippen MR) is 108 cm³/mol. The van der Waals surface area contributed by atoms with Crippen molar-refractivity contribution in [3.05, 3.63) is 81.5 Å². The quantitative estimate of drug-likeness (QED) is 0.493. The number of hydrogen-bond donors (Lipinski definition) is 1. The zero-order chi connectivity index (χ0) is 16.9. The number of hydrogen-bond acceptors (Lipinski definition) is 2. The summed E-state index contributed by atoms with van der Waals surface area (Å²) in [5.74, 6) is 1.75. The van der Waals surface area contributed by atoms with Gasteiger partial charge in [-0.15, -0.1) is 12.4 Å². The van der Waals surface area contributed by atoms with Gasteiger partial charge in [0.2, 0.25) is 0 Å². The summed E-state index contributed by atoms with van der Waals surface area (Å²) >= 11 is 12.1. The maximum atomic E-state index is 6.18. The van der Waals surface area contributed by atoms with Gasteiger partial charge in [0.1, 0.15) is 11.5 Å². The zero-order valence-corrected chi connectivity index (χ0v) is 16.2. The lowest BCUT2D eigenvalue weighted by molar-refractivity contribution is 0.495. The first-order chi connectivity index (χ1) is 11.6. The predicted octanol–water partition coefficient (Wildman–Crippen LogP) is 6.32. The van der Waals surface area contributed by atoms with E-state index in [1.807, 2.05) is 49.4 Å². The molecule has 0 radical (unpaired) electrons. The molecule has 0 aliphatic carbocycles. The van der Waals surface area contributed by atoms with Gasteiger partial charge in [-0.2, -0.15) is 0 Å². The topological polar surface area (TPSA) is 25.2 Å². The molecular formula is C20H20Cl3NO. The first-order valence-electron chi connectivity index (χ1n) is 7.92. The van der Waals surface area contributed by atoms with Gasteiger partial charge in [0, 0.05) is 15.6 Å². The Morgan fingerprint density at radius 2 is 1.72 bits per heavy atom. The smallest absolute Gasteiger partial charge is 0.134 e. The number of furan rings is 1. The van der Waals surface area contributed by atoms with Crippen molar-refractivity contribution < 1.29 is 4.42 Å². The van der Waals surface area contributed by atoms with E-state index in [1.165, 1.54) is 5.56 Å². The molecule has 3 aromatic rings.